The van der Waals surface area contributed by atoms with Crippen molar-refractivity contribution >= 4 is 11.7 Å². The normalized spacial score (nSPS) is 20.7. The predicted molar refractivity (Wildman–Crippen MR) is 93.5 cm³/mol. The molecule has 3 N–H and O–H groups in total. The third-order valence-corrected chi connectivity index (χ3v) is 4.68. The number of hydrogen-bond acceptors (Lipinski definition) is 5. The Labute approximate surface area is 146 Å². The lowest BCUT2D eigenvalue weighted by Crippen LogP contribution is -2.43. The molecule has 8 nitrogen and oxygen atoms in total. The Kier molecular flexibility index (Phi) is 5.60. The molecule has 2 aromatic rings. The molecule has 0 bridgehead atoms. The standard InChI is InChI=1S/C17H24N6O2/c1-12-20-21-22-23(12)15-8-5-7-14(10-15)18-17(25)19-16-9-4-2-3-6-13(16)11-24/h5,7-8,10,13,16,24H,2-4,6,9,11H2,1H3,(H2,18,19,25)/t13-,16-/m1/s1. The largest absolute Gasteiger partial charge is 0.396 e. The summed E-state index contributed by atoms with van der Waals surface area (Å²) in [6.45, 7) is 1.92. The number of hydrogen-bond donors (Lipinski definition) is 3. The molecular weight excluding hydrogens is 320 g/mol. The second-order valence-electron chi connectivity index (χ2n) is 6.47. The van der Waals surface area contributed by atoms with Crippen molar-refractivity contribution in [1.82, 2.24) is 25.5 Å². The van der Waals surface area contributed by atoms with E-state index in [0.29, 0.717) is 11.5 Å². The number of tetrazole rings is 1. The van der Waals surface area contributed by atoms with Crippen LogP contribution in [-0.4, -0.2) is 44.0 Å². The molecule has 8 heteroatoms. The molecule has 134 valence electrons. The minimum atomic E-state index is -0.254. The highest BCUT2D eigenvalue weighted by atomic mass is 16.3. The summed E-state index contributed by atoms with van der Waals surface area (Å²) in [7, 11) is 0. The molecule has 2 amide bonds. The molecule has 2 atom stereocenters. The van der Waals surface area contributed by atoms with Gasteiger partial charge in [0.15, 0.2) is 5.82 Å². The first-order valence-corrected chi connectivity index (χ1v) is 8.71. The van der Waals surface area contributed by atoms with Crippen molar-refractivity contribution in [1.29, 1.82) is 0 Å². The van der Waals surface area contributed by atoms with Crippen LogP contribution in [0.4, 0.5) is 10.5 Å². The van der Waals surface area contributed by atoms with Gasteiger partial charge in [0.25, 0.3) is 0 Å². The summed E-state index contributed by atoms with van der Waals surface area (Å²) in [5, 5.41) is 26.9. The number of aromatic nitrogens is 4. The first kappa shape index (κ1) is 17.3. The summed E-state index contributed by atoms with van der Waals surface area (Å²) >= 11 is 0. The maximum Gasteiger partial charge on any atom is 0.319 e. The van der Waals surface area contributed by atoms with E-state index in [9.17, 15) is 9.90 Å². The molecule has 0 aliphatic heterocycles. The van der Waals surface area contributed by atoms with Crippen LogP contribution in [0.5, 0.6) is 0 Å². The highest BCUT2D eigenvalue weighted by molar-refractivity contribution is 5.89. The summed E-state index contributed by atoms with van der Waals surface area (Å²) in [6.07, 6.45) is 5.20. The molecule has 25 heavy (non-hydrogen) atoms. The molecular formula is C17H24N6O2. The summed E-state index contributed by atoms with van der Waals surface area (Å²) in [5.74, 6) is 0.800. The number of aryl methyl sites for hydroxylation is 1. The van der Waals surface area contributed by atoms with E-state index >= 15 is 0 Å². The molecule has 1 aromatic carbocycles. The van der Waals surface area contributed by atoms with Gasteiger partial charge in [-0.25, -0.2) is 4.79 Å². The van der Waals surface area contributed by atoms with Gasteiger partial charge < -0.3 is 15.7 Å². The van der Waals surface area contributed by atoms with Crippen LogP contribution >= 0.6 is 0 Å². The van der Waals surface area contributed by atoms with Gasteiger partial charge in [-0.05, 0) is 48.4 Å². The Morgan fingerprint density at radius 1 is 1.32 bits per heavy atom. The van der Waals surface area contributed by atoms with E-state index in [0.717, 1.165) is 37.8 Å². The van der Waals surface area contributed by atoms with E-state index in [1.807, 2.05) is 31.2 Å². The number of benzene rings is 1. The smallest absolute Gasteiger partial charge is 0.319 e. The molecule has 1 aliphatic rings. The van der Waals surface area contributed by atoms with E-state index in [4.69, 9.17) is 0 Å². The van der Waals surface area contributed by atoms with Gasteiger partial charge in [-0.2, -0.15) is 4.68 Å². The zero-order chi connectivity index (χ0) is 17.6. The highest BCUT2D eigenvalue weighted by Gasteiger charge is 2.24. The van der Waals surface area contributed by atoms with Gasteiger partial charge in [0.05, 0.1) is 5.69 Å². The van der Waals surface area contributed by atoms with Gasteiger partial charge in [-0.15, -0.1) is 5.10 Å². The van der Waals surface area contributed by atoms with E-state index in [1.54, 1.807) is 4.68 Å². The maximum absolute atomic E-state index is 12.4. The van der Waals surface area contributed by atoms with Crippen LogP contribution in [0, 0.1) is 12.8 Å². The van der Waals surface area contributed by atoms with Gasteiger partial charge in [0.1, 0.15) is 0 Å². The van der Waals surface area contributed by atoms with Crippen molar-refractivity contribution < 1.29 is 9.90 Å². The molecule has 1 fully saturated rings. The predicted octanol–water partition coefficient (Wildman–Crippen LogP) is 2.03. The number of urea groups is 1. The monoisotopic (exact) mass is 344 g/mol. The van der Waals surface area contributed by atoms with Gasteiger partial charge >= 0.3 is 6.03 Å². The minimum absolute atomic E-state index is 0.0115. The summed E-state index contributed by atoms with van der Waals surface area (Å²) in [4.78, 5) is 12.4. The number of aliphatic hydroxyl groups excluding tert-OH is 1. The lowest BCUT2D eigenvalue weighted by atomic mass is 9.96. The van der Waals surface area contributed by atoms with Gasteiger partial charge in [-0.3, -0.25) is 0 Å². The van der Waals surface area contributed by atoms with Crippen LogP contribution in [-0.2, 0) is 0 Å². The van der Waals surface area contributed by atoms with E-state index < -0.39 is 0 Å². The molecule has 1 saturated carbocycles. The van der Waals surface area contributed by atoms with E-state index in [-0.39, 0.29) is 24.6 Å². The van der Waals surface area contributed by atoms with Crippen molar-refractivity contribution in [2.75, 3.05) is 11.9 Å². The number of amides is 2. The average Bonchev–Trinajstić information content (AvgIpc) is 2.90. The number of carbonyl (C=O) groups is 1. The lowest BCUT2D eigenvalue weighted by molar-refractivity contribution is 0.182. The lowest BCUT2D eigenvalue weighted by Gasteiger charge is -2.24. The first-order valence-electron chi connectivity index (χ1n) is 8.71. The fraction of sp³-hybridized carbons (Fsp3) is 0.529. The fourth-order valence-electron chi connectivity index (χ4n) is 3.31. The molecule has 3 rings (SSSR count). The van der Waals surface area contributed by atoms with Crippen molar-refractivity contribution in [3.05, 3.63) is 30.1 Å². The molecule has 1 aromatic heterocycles. The zero-order valence-electron chi connectivity index (χ0n) is 14.4. The summed E-state index contributed by atoms with van der Waals surface area (Å²) < 4.78 is 1.61. The second-order valence-corrected chi connectivity index (χ2v) is 6.47. The topological polar surface area (TPSA) is 105 Å². The Hall–Kier alpha value is -2.48. The number of nitrogens with zero attached hydrogens (tertiary/aromatic N) is 4. The van der Waals surface area contributed by atoms with E-state index in [2.05, 4.69) is 26.2 Å². The van der Waals surface area contributed by atoms with Crippen LogP contribution in [0.1, 0.15) is 37.9 Å². The van der Waals surface area contributed by atoms with Crippen LogP contribution < -0.4 is 10.6 Å². The number of rotatable bonds is 4. The van der Waals surface area contributed by atoms with Crippen LogP contribution in [0.25, 0.3) is 5.69 Å². The van der Waals surface area contributed by atoms with Gasteiger partial charge in [0.2, 0.25) is 0 Å². The molecule has 0 spiro atoms. The van der Waals surface area contributed by atoms with Crippen molar-refractivity contribution in [2.24, 2.45) is 5.92 Å². The SMILES string of the molecule is Cc1nnnn1-c1cccc(NC(=O)N[C@@H]2CCCCC[C@@H]2CO)c1. The zero-order valence-corrected chi connectivity index (χ0v) is 14.4. The minimum Gasteiger partial charge on any atom is -0.396 e. The van der Waals surface area contributed by atoms with Crippen molar-refractivity contribution in [2.45, 2.75) is 45.1 Å². The number of carbonyl (C=O) groups excluding carboxylic acids is 1. The van der Waals surface area contributed by atoms with E-state index in [1.165, 1.54) is 0 Å². The van der Waals surface area contributed by atoms with Crippen molar-refractivity contribution in [3.8, 4) is 5.69 Å². The quantitative estimate of drug-likeness (QED) is 0.736. The highest BCUT2D eigenvalue weighted by Crippen LogP contribution is 2.23. The van der Waals surface area contributed by atoms with Crippen molar-refractivity contribution in [3.63, 3.8) is 0 Å². The summed E-state index contributed by atoms with van der Waals surface area (Å²) in [5.41, 5.74) is 1.45. The molecule has 1 heterocycles. The third-order valence-electron chi connectivity index (χ3n) is 4.68. The Balaban J connectivity index is 1.65. The Morgan fingerprint density at radius 3 is 2.92 bits per heavy atom. The fourth-order valence-corrected chi connectivity index (χ4v) is 3.31. The number of nitrogens with one attached hydrogen (secondary N) is 2. The maximum atomic E-state index is 12.4. The first-order chi connectivity index (χ1) is 12.2. The average molecular weight is 344 g/mol. The molecule has 0 radical (unpaired) electrons. The number of aliphatic hydroxyl groups is 1. The third kappa shape index (κ3) is 4.33. The van der Waals surface area contributed by atoms with Crippen LogP contribution in [0.3, 0.4) is 0 Å². The van der Waals surface area contributed by atoms with Crippen LogP contribution in [0.2, 0.25) is 0 Å². The summed E-state index contributed by atoms with van der Waals surface area (Å²) in [6, 6.07) is 7.11. The Morgan fingerprint density at radius 2 is 2.16 bits per heavy atom. The molecule has 1 aliphatic carbocycles. The molecule has 0 unspecified atom stereocenters. The second kappa shape index (κ2) is 8.06. The van der Waals surface area contributed by atoms with Gasteiger partial charge in [-0.1, -0.05) is 25.3 Å². The Bertz CT molecular complexity index is 717. The molecule has 0 saturated heterocycles. The van der Waals surface area contributed by atoms with Crippen LogP contribution in [0.15, 0.2) is 24.3 Å². The van der Waals surface area contributed by atoms with Gasteiger partial charge in [0, 0.05) is 24.3 Å². The number of anilines is 1.